The summed E-state index contributed by atoms with van der Waals surface area (Å²) in [5.41, 5.74) is 0. The highest BCUT2D eigenvalue weighted by Gasteiger charge is 2.30. The molecule has 1 atom stereocenters. The molecule has 0 amide bonds. The second-order valence-corrected chi connectivity index (χ2v) is 3.21. The van der Waals surface area contributed by atoms with E-state index in [-0.39, 0.29) is 0 Å². The van der Waals surface area contributed by atoms with Crippen molar-refractivity contribution in [3.63, 3.8) is 0 Å². The van der Waals surface area contributed by atoms with Crippen molar-refractivity contribution in [1.29, 1.82) is 0 Å². The number of carbonyl (C=O) groups is 1. The van der Waals surface area contributed by atoms with E-state index < -0.39 is 23.6 Å². The maximum atomic E-state index is 11.4. The third-order valence-corrected chi connectivity index (χ3v) is 1.08. The van der Waals surface area contributed by atoms with Gasteiger partial charge in [-0.25, -0.2) is 0 Å². The SMILES string of the molecule is CC(Br)C(=O)OCC(F)(F)F. The molecule has 0 radical (unpaired) electrons. The lowest BCUT2D eigenvalue weighted by Gasteiger charge is -2.08. The molecule has 2 nitrogen and oxygen atoms in total. The summed E-state index contributed by atoms with van der Waals surface area (Å²) in [4.78, 5) is 9.72. The zero-order valence-corrected chi connectivity index (χ0v) is 7.20. The summed E-state index contributed by atoms with van der Waals surface area (Å²) in [7, 11) is 0. The van der Waals surface area contributed by atoms with Gasteiger partial charge in [-0.05, 0) is 6.92 Å². The van der Waals surface area contributed by atoms with Crippen LogP contribution in [0.4, 0.5) is 13.2 Å². The van der Waals surface area contributed by atoms with Crippen molar-refractivity contribution < 1.29 is 22.7 Å². The first kappa shape index (κ1) is 10.7. The maximum absolute atomic E-state index is 11.4. The fraction of sp³-hybridized carbons (Fsp3) is 0.800. The Morgan fingerprint density at radius 2 is 2.09 bits per heavy atom. The molecule has 66 valence electrons. The van der Waals surface area contributed by atoms with Crippen LogP contribution in [0.3, 0.4) is 0 Å². The average molecular weight is 235 g/mol. The fourth-order valence-corrected chi connectivity index (χ4v) is 0.400. The molecule has 0 rings (SSSR count). The van der Waals surface area contributed by atoms with Crippen LogP contribution in [0.5, 0.6) is 0 Å². The summed E-state index contributed by atoms with van der Waals surface area (Å²) in [5, 5.41) is 0. The number of rotatable bonds is 2. The molecule has 6 heteroatoms. The van der Waals surface area contributed by atoms with Crippen LogP contribution >= 0.6 is 15.9 Å². The van der Waals surface area contributed by atoms with Crippen molar-refractivity contribution in [3.8, 4) is 0 Å². The molecule has 0 aromatic rings. The van der Waals surface area contributed by atoms with E-state index >= 15 is 0 Å². The largest absolute Gasteiger partial charge is 0.455 e. The topological polar surface area (TPSA) is 26.3 Å². The van der Waals surface area contributed by atoms with Crippen LogP contribution in [0.2, 0.25) is 0 Å². The first-order chi connectivity index (χ1) is 4.83. The third kappa shape index (κ3) is 6.15. The van der Waals surface area contributed by atoms with E-state index in [0.29, 0.717) is 0 Å². The summed E-state index contributed by atoms with van der Waals surface area (Å²) in [5.74, 6) is -0.915. The zero-order chi connectivity index (χ0) is 9.07. The van der Waals surface area contributed by atoms with Gasteiger partial charge in [0.15, 0.2) is 6.61 Å². The van der Waals surface area contributed by atoms with Crippen LogP contribution in [0.25, 0.3) is 0 Å². The lowest BCUT2D eigenvalue weighted by atomic mass is 10.5. The van der Waals surface area contributed by atoms with Crippen LogP contribution in [0, 0.1) is 0 Å². The van der Waals surface area contributed by atoms with E-state index in [9.17, 15) is 18.0 Å². The van der Waals surface area contributed by atoms with E-state index in [0.717, 1.165) is 0 Å². The van der Waals surface area contributed by atoms with Crippen molar-refractivity contribution in [1.82, 2.24) is 0 Å². The van der Waals surface area contributed by atoms with Gasteiger partial charge in [-0.2, -0.15) is 13.2 Å². The van der Waals surface area contributed by atoms with E-state index in [4.69, 9.17) is 0 Å². The Bertz CT molecular complexity index is 143. The third-order valence-electron chi connectivity index (χ3n) is 0.703. The Labute approximate surface area is 69.8 Å². The fourth-order valence-electron chi connectivity index (χ4n) is 0.268. The molecule has 0 N–H and O–H groups in total. The monoisotopic (exact) mass is 234 g/mol. The molecule has 0 aromatic carbocycles. The highest BCUT2D eigenvalue weighted by Crippen LogP contribution is 2.15. The van der Waals surface area contributed by atoms with Crippen LogP contribution in [-0.2, 0) is 9.53 Å². The normalized spacial score (nSPS) is 14.3. The molecule has 0 aliphatic carbocycles. The Morgan fingerprint density at radius 1 is 1.64 bits per heavy atom. The van der Waals surface area contributed by atoms with E-state index in [1.807, 2.05) is 0 Å². The minimum absolute atomic E-state index is 0.704. The summed E-state index contributed by atoms with van der Waals surface area (Å²) in [6, 6.07) is 0. The molecule has 0 aromatic heterocycles. The quantitative estimate of drug-likeness (QED) is 0.539. The highest BCUT2D eigenvalue weighted by atomic mass is 79.9. The van der Waals surface area contributed by atoms with Crippen molar-refractivity contribution >= 4 is 21.9 Å². The summed E-state index contributed by atoms with van der Waals surface area (Å²) in [6.07, 6.45) is -4.45. The van der Waals surface area contributed by atoms with Gasteiger partial charge < -0.3 is 4.74 Å². The van der Waals surface area contributed by atoms with Gasteiger partial charge >= 0.3 is 12.1 Å². The molecule has 0 spiro atoms. The Kier molecular flexibility index (Phi) is 3.85. The molecule has 0 heterocycles. The van der Waals surface area contributed by atoms with Crippen molar-refractivity contribution in [2.75, 3.05) is 6.61 Å². The highest BCUT2D eigenvalue weighted by molar-refractivity contribution is 9.10. The zero-order valence-electron chi connectivity index (χ0n) is 5.61. The van der Waals surface area contributed by atoms with Crippen molar-refractivity contribution in [2.45, 2.75) is 17.9 Å². The van der Waals surface area contributed by atoms with Gasteiger partial charge in [0.1, 0.15) is 4.83 Å². The smallest absolute Gasteiger partial charge is 0.422 e. The Hall–Kier alpha value is -0.260. The number of esters is 1. The van der Waals surface area contributed by atoms with E-state index in [1.54, 1.807) is 0 Å². The van der Waals surface area contributed by atoms with E-state index in [1.165, 1.54) is 6.92 Å². The number of ether oxygens (including phenoxy) is 1. The molecular weight excluding hydrogens is 229 g/mol. The molecule has 0 fully saturated rings. The maximum Gasteiger partial charge on any atom is 0.422 e. The predicted molar refractivity (Wildman–Crippen MR) is 35.4 cm³/mol. The average Bonchev–Trinajstić information content (AvgIpc) is 1.80. The summed E-state index contributed by atoms with van der Waals surface area (Å²) < 4.78 is 38.0. The Morgan fingerprint density at radius 3 is 2.36 bits per heavy atom. The molecule has 0 saturated carbocycles. The summed E-state index contributed by atoms with van der Waals surface area (Å²) in [6.45, 7) is -0.138. The van der Waals surface area contributed by atoms with Crippen LogP contribution in [0.1, 0.15) is 6.92 Å². The number of hydrogen-bond donors (Lipinski definition) is 0. The van der Waals surface area contributed by atoms with Gasteiger partial charge in [0, 0.05) is 0 Å². The van der Waals surface area contributed by atoms with Gasteiger partial charge in [0.25, 0.3) is 0 Å². The standard InChI is InChI=1S/C5H6BrF3O2/c1-3(6)4(10)11-2-5(7,8)9/h3H,2H2,1H3. The minimum Gasteiger partial charge on any atom is -0.455 e. The number of hydrogen-bond acceptors (Lipinski definition) is 2. The molecule has 0 saturated heterocycles. The number of halogens is 4. The molecule has 1 unspecified atom stereocenters. The molecular formula is C5H6BrF3O2. The van der Waals surface area contributed by atoms with Gasteiger partial charge in [0.2, 0.25) is 0 Å². The summed E-state index contributed by atoms with van der Waals surface area (Å²) >= 11 is 2.77. The molecule has 0 aliphatic rings. The van der Waals surface area contributed by atoms with Gasteiger partial charge in [-0.3, -0.25) is 4.79 Å². The number of alkyl halides is 4. The predicted octanol–water partition coefficient (Wildman–Crippen LogP) is 1.88. The lowest BCUT2D eigenvalue weighted by molar-refractivity contribution is -0.185. The second kappa shape index (κ2) is 3.94. The first-order valence-corrected chi connectivity index (χ1v) is 3.62. The lowest BCUT2D eigenvalue weighted by Crippen LogP contribution is -2.23. The molecule has 0 aliphatic heterocycles. The van der Waals surface area contributed by atoms with Crippen LogP contribution in [0.15, 0.2) is 0 Å². The van der Waals surface area contributed by atoms with Crippen LogP contribution in [-0.4, -0.2) is 23.6 Å². The molecule has 0 bridgehead atoms. The second-order valence-electron chi connectivity index (χ2n) is 1.84. The Balaban J connectivity index is 3.64. The van der Waals surface area contributed by atoms with Crippen molar-refractivity contribution in [2.24, 2.45) is 0 Å². The number of carbonyl (C=O) groups excluding carboxylic acids is 1. The van der Waals surface area contributed by atoms with Gasteiger partial charge in [0.05, 0.1) is 0 Å². The van der Waals surface area contributed by atoms with Crippen LogP contribution < -0.4 is 0 Å². The van der Waals surface area contributed by atoms with Gasteiger partial charge in [-0.15, -0.1) is 0 Å². The minimum atomic E-state index is -4.45. The molecule has 11 heavy (non-hydrogen) atoms. The van der Waals surface area contributed by atoms with Crippen molar-refractivity contribution in [3.05, 3.63) is 0 Å². The van der Waals surface area contributed by atoms with E-state index in [2.05, 4.69) is 20.7 Å². The first-order valence-electron chi connectivity index (χ1n) is 2.70. The van der Waals surface area contributed by atoms with Gasteiger partial charge in [-0.1, -0.05) is 15.9 Å².